The summed E-state index contributed by atoms with van der Waals surface area (Å²) in [5.41, 5.74) is 4.25. The van der Waals surface area contributed by atoms with E-state index in [-0.39, 0.29) is 5.56 Å². The van der Waals surface area contributed by atoms with Crippen molar-refractivity contribution in [3.63, 3.8) is 0 Å². The van der Waals surface area contributed by atoms with Crippen molar-refractivity contribution in [1.82, 2.24) is 9.66 Å². The van der Waals surface area contributed by atoms with Gasteiger partial charge in [-0.25, -0.2) is 4.98 Å². The third kappa shape index (κ3) is 3.29. The first-order valence-electron chi connectivity index (χ1n) is 8.83. The average molecular weight is 353 g/mol. The van der Waals surface area contributed by atoms with Gasteiger partial charge in [0.1, 0.15) is 0 Å². The van der Waals surface area contributed by atoms with Crippen LogP contribution < -0.4 is 5.56 Å². The lowest BCUT2D eigenvalue weighted by Crippen LogP contribution is -2.21. The summed E-state index contributed by atoms with van der Waals surface area (Å²) in [7, 11) is 0. The van der Waals surface area contributed by atoms with Crippen molar-refractivity contribution in [3.8, 4) is 11.4 Å². The highest BCUT2D eigenvalue weighted by atomic mass is 16.1. The molecule has 0 unspecified atom stereocenters. The molecule has 0 saturated carbocycles. The molecular formula is C23H19N3O. The van der Waals surface area contributed by atoms with Gasteiger partial charge in [-0.1, -0.05) is 72.3 Å². The molecule has 0 radical (unpaired) electrons. The van der Waals surface area contributed by atoms with E-state index in [9.17, 15) is 4.79 Å². The summed E-state index contributed by atoms with van der Waals surface area (Å²) in [6.07, 6.45) is 0. The van der Waals surface area contributed by atoms with E-state index in [4.69, 9.17) is 4.98 Å². The van der Waals surface area contributed by atoms with Crippen LogP contribution in [0.4, 0.5) is 0 Å². The zero-order valence-corrected chi connectivity index (χ0v) is 15.3. The van der Waals surface area contributed by atoms with Crippen LogP contribution >= 0.6 is 0 Å². The second-order valence-corrected chi connectivity index (χ2v) is 6.49. The van der Waals surface area contributed by atoms with Gasteiger partial charge in [0.15, 0.2) is 5.82 Å². The van der Waals surface area contributed by atoms with Gasteiger partial charge < -0.3 is 0 Å². The van der Waals surface area contributed by atoms with E-state index in [1.807, 2.05) is 86.6 Å². The second kappa shape index (κ2) is 7.00. The van der Waals surface area contributed by atoms with Crippen molar-refractivity contribution in [1.29, 1.82) is 0 Å². The molecule has 0 aliphatic carbocycles. The number of aryl methyl sites for hydroxylation is 1. The number of para-hydroxylation sites is 1. The van der Waals surface area contributed by atoms with Gasteiger partial charge in [-0.3, -0.25) is 4.79 Å². The third-order valence-electron chi connectivity index (χ3n) is 4.51. The Morgan fingerprint density at radius 3 is 2.30 bits per heavy atom. The van der Waals surface area contributed by atoms with Gasteiger partial charge in [-0.15, -0.1) is 0 Å². The van der Waals surface area contributed by atoms with Crippen molar-refractivity contribution in [2.45, 2.75) is 13.8 Å². The van der Waals surface area contributed by atoms with Gasteiger partial charge in [0.25, 0.3) is 5.56 Å². The van der Waals surface area contributed by atoms with Crippen LogP contribution in [0.25, 0.3) is 22.3 Å². The fraction of sp³-hybridized carbons (Fsp3) is 0.0870. The Labute approximate surface area is 157 Å². The van der Waals surface area contributed by atoms with E-state index in [1.165, 1.54) is 10.2 Å². The maximum absolute atomic E-state index is 13.2. The van der Waals surface area contributed by atoms with Crippen LogP contribution in [0.3, 0.4) is 0 Å². The number of rotatable bonds is 3. The Balaban J connectivity index is 1.98. The Hall–Kier alpha value is -3.53. The first-order chi connectivity index (χ1) is 13.1. The van der Waals surface area contributed by atoms with Crippen LogP contribution in [-0.2, 0) is 0 Å². The standard InChI is InChI=1S/C23H19N3O/c1-16-12-14-18(15-13-16)17(2)25-26-22(19-8-4-3-5-9-19)24-21-11-7-6-10-20(21)23(26)27/h3-15H,1-2H3/b25-17+. The summed E-state index contributed by atoms with van der Waals surface area (Å²) in [6.45, 7) is 3.95. The van der Waals surface area contributed by atoms with Crippen LogP contribution in [0.2, 0.25) is 0 Å². The fourth-order valence-electron chi connectivity index (χ4n) is 2.99. The molecule has 0 spiro atoms. The Kier molecular flexibility index (Phi) is 4.38. The highest BCUT2D eigenvalue weighted by Crippen LogP contribution is 2.19. The average Bonchev–Trinajstić information content (AvgIpc) is 2.71. The molecule has 4 heteroatoms. The molecule has 0 bridgehead atoms. The van der Waals surface area contributed by atoms with Crippen LogP contribution in [0.15, 0.2) is 88.8 Å². The summed E-state index contributed by atoms with van der Waals surface area (Å²) in [5.74, 6) is 0.533. The van der Waals surface area contributed by atoms with Gasteiger partial charge in [0.2, 0.25) is 0 Å². The molecule has 0 aliphatic heterocycles. The second-order valence-electron chi connectivity index (χ2n) is 6.49. The highest BCUT2D eigenvalue weighted by molar-refractivity contribution is 5.98. The minimum atomic E-state index is -0.175. The van der Waals surface area contributed by atoms with Crippen molar-refractivity contribution in [3.05, 3.63) is 100 Å². The molecule has 0 saturated heterocycles. The number of benzene rings is 3. The summed E-state index contributed by atoms with van der Waals surface area (Å²) < 4.78 is 1.41. The largest absolute Gasteiger partial charge is 0.282 e. The number of nitrogens with zero attached hydrogens (tertiary/aromatic N) is 3. The molecular weight excluding hydrogens is 334 g/mol. The summed E-state index contributed by atoms with van der Waals surface area (Å²) in [6, 6.07) is 25.1. The molecule has 0 N–H and O–H groups in total. The predicted molar refractivity (Wildman–Crippen MR) is 110 cm³/mol. The molecule has 3 aromatic carbocycles. The fourth-order valence-corrected chi connectivity index (χ4v) is 2.99. The van der Waals surface area contributed by atoms with E-state index in [1.54, 1.807) is 6.07 Å². The van der Waals surface area contributed by atoms with Crippen LogP contribution in [0.1, 0.15) is 18.1 Å². The number of aromatic nitrogens is 2. The van der Waals surface area contributed by atoms with Gasteiger partial charge in [-0.05, 0) is 31.5 Å². The van der Waals surface area contributed by atoms with E-state index < -0.39 is 0 Å². The quantitative estimate of drug-likeness (QED) is 0.504. The normalized spacial score (nSPS) is 11.7. The van der Waals surface area contributed by atoms with E-state index >= 15 is 0 Å². The molecule has 0 aliphatic rings. The monoisotopic (exact) mass is 353 g/mol. The molecule has 1 aromatic heterocycles. The first-order valence-corrected chi connectivity index (χ1v) is 8.83. The van der Waals surface area contributed by atoms with Crippen LogP contribution in [-0.4, -0.2) is 15.4 Å². The zero-order chi connectivity index (χ0) is 18.8. The maximum atomic E-state index is 13.2. The van der Waals surface area contributed by atoms with E-state index in [0.717, 1.165) is 16.8 Å². The smallest absolute Gasteiger partial charge is 0.267 e. The molecule has 4 aromatic rings. The number of hydrogen-bond acceptors (Lipinski definition) is 3. The molecule has 4 nitrogen and oxygen atoms in total. The summed E-state index contributed by atoms with van der Waals surface area (Å²) in [4.78, 5) is 17.9. The van der Waals surface area contributed by atoms with E-state index in [0.29, 0.717) is 16.7 Å². The van der Waals surface area contributed by atoms with Gasteiger partial charge in [0, 0.05) is 5.56 Å². The predicted octanol–water partition coefficient (Wildman–Crippen LogP) is 4.64. The Morgan fingerprint density at radius 2 is 1.56 bits per heavy atom. The van der Waals surface area contributed by atoms with Crippen molar-refractivity contribution < 1.29 is 0 Å². The maximum Gasteiger partial charge on any atom is 0.282 e. The van der Waals surface area contributed by atoms with Crippen molar-refractivity contribution in [2.24, 2.45) is 5.10 Å². The lowest BCUT2D eigenvalue weighted by atomic mass is 10.1. The van der Waals surface area contributed by atoms with Gasteiger partial charge in [0.05, 0.1) is 16.6 Å². The minimum absolute atomic E-state index is 0.175. The van der Waals surface area contributed by atoms with Gasteiger partial charge in [-0.2, -0.15) is 9.78 Å². The van der Waals surface area contributed by atoms with Crippen LogP contribution in [0.5, 0.6) is 0 Å². The highest BCUT2D eigenvalue weighted by Gasteiger charge is 2.12. The topological polar surface area (TPSA) is 47.2 Å². The van der Waals surface area contributed by atoms with Crippen LogP contribution in [0, 0.1) is 6.92 Å². The van der Waals surface area contributed by atoms with E-state index in [2.05, 4.69) is 5.10 Å². The SMILES string of the molecule is C/C(=N\n1c(-c2ccccc2)nc2ccccc2c1=O)c1ccc(C)cc1. The molecule has 0 atom stereocenters. The Morgan fingerprint density at radius 1 is 0.889 bits per heavy atom. The molecule has 27 heavy (non-hydrogen) atoms. The zero-order valence-electron chi connectivity index (χ0n) is 15.3. The van der Waals surface area contributed by atoms with Crippen molar-refractivity contribution in [2.75, 3.05) is 0 Å². The Bertz CT molecular complexity index is 1190. The molecule has 1 heterocycles. The third-order valence-corrected chi connectivity index (χ3v) is 4.51. The van der Waals surface area contributed by atoms with Gasteiger partial charge >= 0.3 is 0 Å². The lowest BCUT2D eigenvalue weighted by molar-refractivity contribution is 0.824. The summed E-state index contributed by atoms with van der Waals surface area (Å²) in [5, 5.41) is 5.20. The first kappa shape index (κ1) is 16.9. The molecule has 4 rings (SSSR count). The number of hydrogen-bond donors (Lipinski definition) is 0. The molecule has 132 valence electrons. The lowest BCUT2D eigenvalue weighted by Gasteiger charge is -2.11. The number of fused-ring (bicyclic) bond motifs is 1. The van der Waals surface area contributed by atoms with Crippen molar-refractivity contribution >= 4 is 16.6 Å². The molecule has 0 fully saturated rings. The minimum Gasteiger partial charge on any atom is -0.267 e. The molecule has 0 amide bonds. The summed E-state index contributed by atoms with van der Waals surface area (Å²) >= 11 is 0.